The molecule has 16 heavy (non-hydrogen) atoms. The van der Waals surface area contributed by atoms with Crippen molar-refractivity contribution in [1.82, 2.24) is 9.88 Å². The molecule has 1 aliphatic carbocycles. The predicted molar refractivity (Wildman–Crippen MR) is 60.3 cm³/mol. The van der Waals surface area contributed by atoms with Gasteiger partial charge in [0.15, 0.2) is 0 Å². The Labute approximate surface area is 95.7 Å². The zero-order chi connectivity index (χ0) is 11.0. The summed E-state index contributed by atoms with van der Waals surface area (Å²) in [4.78, 5) is 6.65. The lowest BCUT2D eigenvalue weighted by Gasteiger charge is -2.55. The van der Waals surface area contributed by atoms with Crippen molar-refractivity contribution in [2.45, 2.75) is 31.3 Å². The van der Waals surface area contributed by atoms with Crippen molar-refractivity contribution in [1.29, 1.82) is 5.26 Å². The van der Waals surface area contributed by atoms with Gasteiger partial charge in [0.25, 0.3) is 0 Å². The molecule has 3 aliphatic rings. The van der Waals surface area contributed by atoms with Crippen molar-refractivity contribution in [3.05, 3.63) is 30.1 Å². The first-order chi connectivity index (χ1) is 7.82. The van der Waals surface area contributed by atoms with Gasteiger partial charge in [0.2, 0.25) is 0 Å². The second kappa shape index (κ2) is 3.57. The number of nitriles is 1. The van der Waals surface area contributed by atoms with Crippen LogP contribution in [0.15, 0.2) is 24.4 Å². The summed E-state index contributed by atoms with van der Waals surface area (Å²) in [7, 11) is 0. The van der Waals surface area contributed by atoms with Crippen LogP contribution in [0.5, 0.6) is 0 Å². The first-order valence-electron chi connectivity index (χ1n) is 5.89. The molecule has 1 saturated carbocycles. The minimum atomic E-state index is -0.166. The second-order valence-electron chi connectivity index (χ2n) is 4.95. The lowest BCUT2D eigenvalue weighted by Crippen LogP contribution is -2.61. The van der Waals surface area contributed by atoms with Crippen LogP contribution in [0.25, 0.3) is 0 Å². The first kappa shape index (κ1) is 9.80. The number of aromatic nitrogens is 1. The van der Waals surface area contributed by atoms with Gasteiger partial charge in [-0.3, -0.25) is 9.88 Å². The van der Waals surface area contributed by atoms with E-state index >= 15 is 0 Å². The smallest absolute Gasteiger partial charge is 0.110 e. The van der Waals surface area contributed by atoms with Crippen LogP contribution < -0.4 is 0 Å². The van der Waals surface area contributed by atoms with Gasteiger partial charge >= 0.3 is 0 Å². The highest BCUT2D eigenvalue weighted by molar-refractivity contribution is 5.20. The molecule has 1 aromatic rings. The summed E-state index contributed by atoms with van der Waals surface area (Å²) in [5.74, 6) is 0.805. The van der Waals surface area contributed by atoms with Crippen molar-refractivity contribution < 1.29 is 0 Å². The molecule has 0 spiro atoms. The number of pyridine rings is 1. The van der Waals surface area contributed by atoms with Crippen molar-refractivity contribution in [2.24, 2.45) is 5.92 Å². The topological polar surface area (TPSA) is 39.9 Å². The number of rotatable bonds is 2. The molecule has 3 heteroatoms. The van der Waals surface area contributed by atoms with Crippen molar-refractivity contribution in [3.8, 4) is 6.07 Å². The van der Waals surface area contributed by atoms with E-state index in [1.54, 1.807) is 0 Å². The molecule has 0 N–H and O–H groups in total. The molecule has 0 radical (unpaired) electrons. The zero-order valence-electron chi connectivity index (χ0n) is 9.26. The summed E-state index contributed by atoms with van der Waals surface area (Å²) < 4.78 is 0. The Balaban J connectivity index is 1.77. The Bertz CT molecular complexity index is 415. The van der Waals surface area contributed by atoms with Gasteiger partial charge in [0, 0.05) is 19.3 Å². The van der Waals surface area contributed by atoms with Gasteiger partial charge in [0.1, 0.15) is 5.54 Å². The van der Waals surface area contributed by atoms with Crippen LogP contribution in [-0.4, -0.2) is 22.0 Å². The fraction of sp³-hybridized carbons (Fsp3) is 0.538. The van der Waals surface area contributed by atoms with E-state index in [1.807, 2.05) is 24.4 Å². The van der Waals surface area contributed by atoms with Crippen molar-refractivity contribution in [2.75, 3.05) is 6.54 Å². The lowest BCUT2D eigenvalue weighted by atomic mass is 9.63. The van der Waals surface area contributed by atoms with Crippen LogP contribution in [0.1, 0.15) is 25.0 Å². The summed E-state index contributed by atoms with van der Waals surface area (Å²) in [6.45, 7) is 1.87. The molecule has 82 valence electrons. The van der Waals surface area contributed by atoms with E-state index in [4.69, 9.17) is 0 Å². The van der Waals surface area contributed by atoms with Gasteiger partial charge in [-0.2, -0.15) is 5.26 Å². The van der Waals surface area contributed by atoms with Gasteiger partial charge in [-0.1, -0.05) is 6.07 Å². The fourth-order valence-electron chi connectivity index (χ4n) is 2.99. The normalized spacial score (nSPS) is 32.8. The molecule has 1 aromatic heterocycles. The molecule has 0 atom stereocenters. The molecule has 3 heterocycles. The standard InChI is InChI=1S/C13H15N3/c14-10-13-7-11(8-13)4-6-16(13)9-12-3-1-2-5-15-12/h1-3,5,11H,4,6-9H2. The van der Waals surface area contributed by atoms with E-state index in [0.717, 1.165) is 37.5 Å². The highest BCUT2D eigenvalue weighted by Gasteiger charge is 2.52. The zero-order valence-corrected chi connectivity index (χ0v) is 9.26. The average Bonchev–Trinajstić information content (AvgIpc) is 2.29. The van der Waals surface area contributed by atoms with Crippen LogP contribution in [0.2, 0.25) is 0 Å². The molecule has 2 aliphatic heterocycles. The highest BCUT2D eigenvalue weighted by Crippen LogP contribution is 2.48. The van der Waals surface area contributed by atoms with Crippen LogP contribution in [0.4, 0.5) is 0 Å². The Morgan fingerprint density at radius 1 is 1.50 bits per heavy atom. The van der Waals surface area contributed by atoms with Crippen LogP contribution in [0, 0.1) is 17.2 Å². The molecule has 4 rings (SSSR count). The maximum Gasteiger partial charge on any atom is 0.110 e. The molecular weight excluding hydrogens is 198 g/mol. The molecule has 2 saturated heterocycles. The maximum absolute atomic E-state index is 9.32. The molecular formula is C13H15N3. The molecule has 2 bridgehead atoms. The van der Waals surface area contributed by atoms with E-state index in [9.17, 15) is 5.26 Å². The third-order valence-electron chi connectivity index (χ3n) is 3.95. The first-order valence-corrected chi connectivity index (χ1v) is 5.89. The van der Waals surface area contributed by atoms with Crippen molar-refractivity contribution in [3.63, 3.8) is 0 Å². The molecule has 0 aromatic carbocycles. The quantitative estimate of drug-likeness (QED) is 0.754. The minimum Gasteiger partial charge on any atom is -0.280 e. The monoisotopic (exact) mass is 213 g/mol. The molecule has 3 nitrogen and oxygen atoms in total. The van der Waals surface area contributed by atoms with Crippen LogP contribution in [0.3, 0.4) is 0 Å². The van der Waals surface area contributed by atoms with E-state index in [-0.39, 0.29) is 5.54 Å². The second-order valence-corrected chi connectivity index (χ2v) is 4.95. The van der Waals surface area contributed by atoms with E-state index in [0.29, 0.717) is 0 Å². The van der Waals surface area contributed by atoms with E-state index < -0.39 is 0 Å². The predicted octanol–water partition coefficient (Wildman–Crippen LogP) is 1.96. The molecule has 0 amide bonds. The summed E-state index contributed by atoms with van der Waals surface area (Å²) in [6.07, 6.45) is 5.20. The Hall–Kier alpha value is -1.40. The van der Waals surface area contributed by atoms with Gasteiger partial charge in [-0.15, -0.1) is 0 Å². The SMILES string of the molecule is N#CC12CC(CCN1Cc1ccccn1)C2. The summed E-state index contributed by atoms with van der Waals surface area (Å²) in [6, 6.07) is 8.49. The summed E-state index contributed by atoms with van der Waals surface area (Å²) in [5, 5.41) is 9.32. The van der Waals surface area contributed by atoms with E-state index in [1.165, 1.54) is 6.42 Å². The van der Waals surface area contributed by atoms with Gasteiger partial charge in [-0.25, -0.2) is 0 Å². The Morgan fingerprint density at radius 3 is 3.06 bits per heavy atom. The fourth-order valence-corrected chi connectivity index (χ4v) is 2.99. The maximum atomic E-state index is 9.32. The molecule has 3 fully saturated rings. The van der Waals surface area contributed by atoms with Crippen LogP contribution in [-0.2, 0) is 6.54 Å². The lowest BCUT2D eigenvalue weighted by molar-refractivity contribution is -0.0438. The van der Waals surface area contributed by atoms with Crippen molar-refractivity contribution >= 4 is 0 Å². The number of nitrogens with zero attached hydrogens (tertiary/aromatic N) is 3. The number of piperidine rings is 2. The Kier molecular flexibility index (Phi) is 2.19. The van der Waals surface area contributed by atoms with Gasteiger partial charge in [0.05, 0.1) is 11.8 Å². The van der Waals surface area contributed by atoms with Crippen LogP contribution >= 0.6 is 0 Å². The summed E-state index contributed by atoms with van der Waals surface area (Å²) in [5.41, 5.74) is 0.906. The highest BCUT2D eigenvalue weighted by atomic mass is 15.2. The largest absolute Gasteiger partial charge is 0.280 e. The Morgan fingerprint density at radius 2 is 2.38 bits per heavy atom. The average molecular weight is 213 g/mol. The van der Waals surface area contributed by atoms with Gasteiger partial charge in [-0.05, 0) is 37.3 Å². The minimum absolute atomic E-state index is 0.166. The number of fused-ring (bicyclic) bond motifs is 2. The van der Waals surface area contributed by atoms with E-state index in [2.05, 4.69) is 16.0 Å². The third-order valence-corrected chi connectivity index (χ3v) is 3.95. The third kappa shape index (κ3) is 1.42. The summed E-state index contributed by atoms with van der Waals surface area (Å²) >= 11 is 0. The molecule has 0 unspecified atom stereocenters. The number of hydrogen-bond acceptors (Lipinski definition) is 3. The number of hydrogen-bond donors (Lipinski definition) is 0. The van der Waals surface area contributed by atoms with Gasteiger partial charge < -0.3 is 0 Å².